The molecule has 3 aliphatic heterocycles. The largest absolute Gasteiger partial charge is 0.306 e. The zero-order valence-electron chi connectivity index (χ0n) is 13.2. The minimum atomic E-state index is 1.05. The number of rotatable bonds is 0. The lowest BCUT2D eigenvalue weighted by Gasteiger charge is -2.21. The molecule has 0 radical (unpaired) electrons. The van der Waals surface area contributed by atoms with E-state index in [1.165, 1.54) is 84.0 Å². The third-order valence-electron chi connectivity index (χ3n) is 5.19. The van der Waals surface area contributed by atoms with Crippen LogP contribution in [-0.4, -0.2) is 50.1 Å². The third-order valence-corrected chi connectivity index (χ3v) is 5.19. The summed E-state index contributed by atoms with van der Waals surface area (Å²) >= 11 is 0. The van der Waals surface area contributed by atoms with Crippen LogP contribution < -0.4 is 0 Å². The lowest BCUT2D eigenvalue weighted by Crippen LogP contribution is -2.23. The van der Waals surface area contributed by atoms with E-state index in [0.29, 0.717) is 0 Å². The summed E-state index contributed by atoms with van der Waals surface area (Å²) in [5.41, 5.74) is 0. The van der Waals surface area contributed by atoms with E-state index in [4.69, 9.17) is 0 Å². The van der Waals surface area contributed by atoms with Gasteiger partial charge in [-0.1, -0.05) is 19.3 Å². The molecule has 0 spiro atoms. The molecular weight excluding hydrogens is 232 g/mol. The van der Waals surface area contributed by atoms with Gasteiger partial charge in [-0.05, 0) is 77.5 Å². The average Bonchev–Trinajstić information content (AvgIpc) is 2.65. The maximum atomic E-state index is 2.52. The van der Waals surface area contributed by atoms with Gasteiger partial charge < -0.3 is 9.80 Å². The van der Waals surface area contributed by atoms with Crippen molar-refractivity contribution in [2.75, 3.05) is 40.3 Å². The standard InChI is InChI=1S/C9H17N.C8H17N/c1-10-6-8-2-3-9(7-10)5-4-8;1-9-7-5-3-2-4-6-8-9/h8-9H,2-7H2,1H3;2-8H2,1H3. The molecule has 4 rings (SSSR count). The minimum Gasteiger partial charge on any atom is -0.306 e. The van der Waals surface area contributed by atoms with Crippen LogP contribution in [0.3, 0.4) is 0 Å². The van der Waals surface area contributed by atoms with Crippen LogP contribution in [0.2, 0.25) is 0 Å². The van der Waals surface area contributed by atoms with Crippen molar-refractivity contribution in [3.63, 3.8) is 0 Å². The molecule has 2 heteroatoms. The van der Waals surface area contributed by atoms with E-state index >= 15 is 0 Å². The zero-order valence-corrected chi connectivity index (χ0v) is 13.2. The highest BCUT2D eigenvalue weighted by atomic mass is 15.1. The molecule has 0 N–H and O–H groups in total. The van der Waals surface area contributed by atoms with Crippen molar-refractivity contribution in [2.45, 2.75) is 57.8 Å². The van der Waals surface area contributed by atoms with Crippen LogP contribution in [0.1, 0.15) is 57.8 Å². The van der Waals surface area contributed by atoms with Gasteiger partial charge in [-0.25, -0.2) is 0 Å². The van der Waals surface area contributed by atoms with Gasteiger partial charge in [-0.3, -0.25) is 0 Å². The van der Waals surface area contributed by atoms with Crippen molar-refractivity contribution in [1.82, 2.24) is 9.80 Å². The van der Waals surface area contributed by atoms with Crippen molar-refractivity contribution in [3.8, 4) is 0 Å². The summed E-state index contributed by atoms with van der Waals surface area (Å²) in [6.07, 6.45) is 13.2. The smallest absolute Gasteiger partial charge is 0.000673 e. The molecule has 0 aromatic rings. The van der Waals surface area contributed by atoms with Gasteiger partial charge in [0.25, 0.3) is 0 Å². The first-order chi connectivity index (χ1) is 9.24. The molecule has 0 unspecified atom stereocenters. The second-order valence-electron chi connectivity index (χ2n) is 7.18. The van der Waals surface area contributed by atoms with Gasteiger partial charge in [0.1, 0.15) is 0 Å². The number of likely N-dealkylation sites (tertiary alicyclic amines) is 1. The van der Waals surface area contributed by atoms with Crippen LogP contribution in [-0.2, 0) is 0 Å². The summed E-state index contributed by atoms with van der Waals surface area (Å²) < 4.78 is 0. The Morgan fingerprint density at radius 2 is 1.00 bits per heavy atom. The molecule has 1 saturated carbocycles. The SMILES string of the molecule is CN1CC2CCC(CC2)C1.CN1CCCCCCC1. The summed E-state index contributed by atoms with van der Waals surface area (Å²) in [6, 6.07) is 0. The Labute approximate surface area is 120 Å². The molecule has 0 amide bonds. The highest BCUT2D eigenvalue weighted by Crippen LogP contribution is 2.32. The molecule has 0 atom stereocenters. The molecule has 0 aromatic heterocycles. The fourth-order valence-electron chi connectivity index (χ4n) is 3.96. The maximum absolute atomic E-state index is 2.52. The van der Waals surface area contributed by atoms with E-state index in [0.717, 1.165) is 11.8 Å². The molecule has 3 heterocycles. The Morgan fingerprint density at radius 3 is 1.47 bits per heavy atom. The average molecular weight is 266 g/mol. The first kappa shape index (κ1) is 15.3. The van der Waals surface area contributed by atoms with Crippen LogP contribution in [0.5, 0.6) is 0 Å². The molecule has 2 nitrogen and oxygen atoms in total. The number of fused-ring (bicyclic) bond motifs is 4. The molecule has 0 aromatic carbocycles. The highest BCUT2D eigenvalue weighted by molar-refractivity contribution is 4.80. The van der Waals surface area contributed by atoms with Crippen molar-refractivity contribution in [2.24, 2.45) is 11.8 Å². The van der Waals surface area contributed by atoms with E-state index in [9.17, 15) is 0 Å². The highest BCUT2D eigenvalue weighted by Gasteiger charge is 2.27. The molecule has 4 aliphatic rings. The van der Waals surface area contributed by atoms with Gasteiger partial charge in [-0.2, -0.15) is 0 Å². The van der Waals surface area contributed by atoms with Gasteiger partial charge in [-0.15, -0.1) is 0 Å². The van der Waals surface area contributed by atoms with Crippen LogP contribution in [0.4, 0.5) is 0 Å². The van der Waals surface area contributed by atoms with Crippen molar-refractivity contribution in [3.05, 3.63) is 0 Å². The molecular formula is C17H34N2. The third kappa shape index (κ3) is 5.83. The van der Waals surface area contributed by atoms with Gasteiger partial charge in [0.15, 0.2) is 0 Å². The second-order valence-corrected chi connectivity index (χ2v) is 7.18. The predicted molar refractivity (Wildman–Crippen MR) is 83.5 cm³/mol. The zero-order chi connectivity index (χ0) is 13.5. The Morgan fingerprint density at radius 1 is 0.579 bits per heavy atom. The Hall–Kier alpha value is -0.0800. The van der Waals surface area contributed by atoms with E-state index in [1.54, 1.807) is 0 Å². The van der Waals surface area contributed by atoms with Crippen molar-refractivity contribution >= 4 is 0 Å². The van der Waals surface area contributed by atoms with E-state index in [1.807, 2.05) is 0 Å². The Kier molecular flexibility index (Phi) is 6.66. The van der Waals surface area contributed by atoms with E-state index in [2.05, 4.69) is 23.9 Å². The Bertz CT molecular complexity index is 211. The molecule has 112 valence electrons. The number of nitrogens with zero attached hydrogens (tertiary/aromatic N) is 2. The summed E-state index contributed by atoms with van der Waals surface area (Å²) in [5, 5.41) is 0. The maximum Gasteiger partial charge on any atom is 0.000673 e. The molecule has 19 heavy (non-hydrogen) atoms. The summed E-state index contributed by atoms with van der Waals surface area (Å²) in [5.74, 6) is 2.09. The number of hydrogen-bond acceptors (Lipinski definition) is 2. The minimum absolute atomic E-state index is 1.05. The topological polar surface area (TPSA) is 6.48 Å². The summed E-state index contributed by atoms with van der Waals surface area (Å²) in [6.45, 7) is 5.38. The van der Waals surface area contributed by atoms with Crippen LogP contribution in [0.25, 0.3) is 0 Å². The first-order valence-electron chi connectivity index (χ1n) is 8.61. The molecule has 1 aliphatic carbocycles. The van der Waals surface area contributed by atoms with Crippen LogP contribution >= 0.6 is 0 Å². The molecule has 4 fully saturated rings. The van der Waals surface area contributed by atoms with E-state index < -0.39 is 0 Å². The second kappa shape index (κ2) is 8.26. The normalized spacial score (nSPS) is 33.8. The summed E-state index contributed by atoms with van der Waals surface area (Å²) in [7, 11) is 4.50. The predicted octanol–water partition coefficient (Wildman–Crippen LogP) is 3.62. The number of hydrogen-bond donors (Lipinski definition) is 0. The fraction of sp³-hybridized carbons (Fsp3) is 1.00. The summed E-state index contributed by atoms with van der Waals surface area (Å²) in [4.78, 5) is 4.97. The molecule has 3 saturated heterocycles. The van der Waals surface area contributed by atoms with Crippen LogP contribution in [0, 0.1) is 11.8 Å². The first-order valence-corrected chi connectivity index (χ1v) is 8.61. The van der Waals surface area contributed by atoms with Gasteiger partial charge in [0, 0.05) is 13.1 Å². The van der Waals surface area contributed by atoms with Crippen molar-refractivity contribution in [1.29, 1.82) is 0 Å². The van der Waals surface area contributed by atoms with Crippen LogP contribution in [0.15, 0.2) is 0 Å². The van der Waals surface area contributed by atoms with Gasteiger partial charge >= 0.3 is 0 Å². The van der Waals surface area contributed by atoms with Gasteiger partial charge in [0.05, 0.1) is 0 Å². The van der Waals surface area contributed by atoms with E-state index in [-0.39, 0.29) is 0 Å². The molecule has 2 bridgehead atoms. The van der Waals surface area contributed by atoms with Gasteiger partial charge in [0.2, 0.25) is 0 Å². The van der Waals surface area contributed by atoms with Crippen molar-refractivity contribution < 1.29 is 0 Å². The fourth-order valence-corrected chi connectivity index (χ4v) is 3.96. The monoisotopic (exact) mass is 266 g/mol. The Balaban J connectivity index is 0.000000141. The lowest BCUT2D eigenvalue weighted by molar-refractivity contribution is 0.297. The quantitative estimate of drug-likeness (QED) is 0.661. The lowest BCUT2D eigenvalue weighted by atomic mass is 9.84.